The fourth-order valence-corrected chi connectivity index (χ4v) is 3.00. The van der Waals surface area contributed by atoms with Crippen molar-refractivity contribution in [1.29, 1.82) is 0 Å². The molecule has 0 fully saturated rings. The summed E-state index contributed by atoms with van der Waals surface area (Å²) < 4.78 is 53.5. The maximum absolute atomic E-state index is 12.5. The number of Topliss-reactive ketones (excluding diaryl/α,β-unsaturated/α-hetero) is 1. The lowest BCUT2D eigenvalue weighted by molar-refractivity contribution is 0.0318. The van der Waals surface area contributed by atoms with E-state index in [0.29, 0.717) is 5.56 Å². The third-order valence-electron chi connectivity index (χ3n) is 3.43. The predicted octanol–water partition coefficient (Wildman–Crippen LogP) is 3.87. The van der Waals surface area contributed by atoms with Crippen LogP contribution in [-0.2, 0) is 14.6 Å². The maximum Gasteiger partial charge on any atom is 0.341 e. The van der Waals surface area contributed by atoms with E-state index >= 15 is 0 Å². The summed E-state index contributed by atoms with van der Waals surface area (Å²) in [5.74, 6) is -4.84. The van der Waals surface area contributed by atoms with Crippen LogP contribution < -0.4 is 0 Å². The van der Waals surface area contributed by atoms with Gasteiger partial charge in [-0.2, -0.15) is 8.78 Å². The summed E-state index contributed by atoms with van der Waals surface area (Å²) in [5.41, 5.74) is 0.292. The van der Waals surface area contributed by atoms with E-state index < -0.39 is 38.3 Å². The molecule has 2 aromatic carbocycles. The Labute approximate surface area is 157 Å². The fourth-order valence-electron chi connectivity index (χ4n) is 2.01. The van der Waals surface area contributed by atoms with Crippen molar-refractivity contribution in [3.63, 3.8) is 0 Å². The highest BCUT2D eigenvalue weighted by atomic mass is 79.9. The van der Waals surface area contributed by atoms with Crippen LogP contribution in [0.25, 0.3) is 0 Å². The number of rotatable bonds is 6. The fraction of sp³-hybridized carbons (Fsp3) is 0.176. The minimum atomic E-state index is -4.74. The predicted molar refractivity (Wildman–Crippen MR) is 93.0 cm³/mol. The van der Waals surface area contributed by atoms with Gasteiger partial charge < -0.3 is 4.74 Å². The number of hydrogen-bond donors (Lipinski definition) is 0. The van der Waals surface area contributed by atoms with Crippen LogP contribution in [-0.4, -0.2) is 32.0 Å². The first-order chi connectivity index (χ1) is 12.1. The molecule has 26 heavy (non-hydrogen) atoms. The van der Waals surface area contributed by atoms with Crippen molar-refractivity contribution in [3.05, 3.63) is 64.1 Å². The standard InChI is InChI=1S/C17H13BrF2O5S/c1-10(15(21)11-2-6-13(18)7-3-11)25-16(22)12-4-8-14(9-5-12)26(23,24)17(19)20/h2-10,17H,1H3. The van der Waals surface area contributed by atoms with Gasteiger partial charge in [-0.05, 0) is 43.3 Å². The Morgan fingerprint density at radius 2 is 1.46 bits per heavy atom. The van der Waals surface area contributed by atoms with Crippen LogP contribution in [0.3, 0.4) is 0 Å². The van der Waals surface area contributed by atoms with Gasteiger partial charge in [0.05, 0.1) is 10.5 Å². The topological polar surface area (TPSA) is 77.5 Å². The van der Waals surface area contributed by atoms with Crippen molar-refractivity contribution >= 4 is 37.5 Å². The molecule has 0 radical (unpaired) electrons. The van der Waals surface area contributed by atoms with Gasteiger partial charge in [-0.1, -0.05) is 28.1 Å². The average molecular weight is 447 g/mol. The Morgan fingerprint density at radius 3 is 1.96 bits per heavy atom. The second-order valence-corrected chi connectivity index (χ2v) is 8.08. The highest BCUT2D eigenvalue weighted by molar-refractivity contribution is 9.10. The van der Waals surface area contributed by atoms with Crippen molar-refractivity contribution in [3.8, 4) is 0 Å². The van der Waals surface area contributed by atoms with Crippen LogP contribution in [0.4, 0.5) is 8.78 Å². The number of ether oxygens (including phenoxy) is 1. The normalized spacial score (nSPS) is 12.7. The molecule has 0 N–H and O–H groups in total. The van der Waals surface area contributed by atoms with Gasteiger partial charge in [0.1, 0.15) is 0 Å². The zero-order valence-corrected chi connectivity index (χ0v) is 15.8. The summed E-state index contributed by atoms with van der Waals surface area (Å²) in [7, 11) is -4.74. The van der Waals surface area contributed by atoms with Crippen LogP contribution in [0.1, 0.15) is 27.6 Å². The van der Waals surface area contributed by atoms with E-state index in [2.05, 4.69) is 15.9 Å². The lowest BCUT2D eigenvalue weighted by atomic mass is 10.1. The largest absolute Gasteiger partial charge is 0.451 e. The number of alkyl halides is 2. The van der Waals surface area contributed by atoms with Gasteiger partial charge in [0, 0.05) is 10.0 Å². The third-order valence-corrected chi connectivity index (χ3v) is 5.36. The average Bonchev–Trinajstić information content (AvgIpc) is 2.61. The highest BCUT2D eigenvalue weighted by Gasteiger charge is 2.27. The second kappa shape index (κ2) is 8.05. The summed E-state index contributed by atoms with van der Waals surface area (Å²) in [6.45, 7) is 1.40. The molecule has 0 aromatic heterocycles. The van der Waals surface area contributed by atoms with Crippen molar-refractivity contribution in [2.75, 3.05) is 0 Å². The van der Waals surface area contributed by atoms with Crippen molar-refractivity contribution in [2.45, 2.75) is 23.7 Å². The number of carbonyl (C=O) groups excluding carboxylic acids is 2. The Kier molecular flexibility index (Phi) is 6.25. The van der Waals surface area contributed by atoms with E-state index in [-0.39, 0.29) is 5.56 Å². The Balaban J connectivity index is 2.09. The van der Waals surface area contributed by atoms with Crippen LogP contribution >= 0.6 is 15.9 Å². The second-order valence-electron chi connectivity index (χ2n) is 5.25. The van der Waals surface area contributed by atoms with Crippen LogP contribution in [0, 0.1) is 0 Å². The molecule has 5 nitrogen and oxygen atoms in total. The lowest BCUT2D eigenvalue weighted by Crippen LogP contribution is -2.24. The van der Waals surface area contributed by atoms with Crippen LogP contribution in [0.2, 0.25) is 0 Å². The van der Waals surface area contributed by atoms with E-state index in [1.807, 2.05) is 0 Å². The summed E-state index contributed by atoms with van der Waals surface area (Å²) >= 11 is 3.24. The van der Waals surface area contributed by atoms with Crippen molar-refractivity contribution in [1.82, 2.24) is 0 Å². The molecule has 0 saturated heterocycles. The van der Waals surface area contributed by atoms with E-state index in [4.69, 9.17) is 4.74 Å². The molecule has 0 bridgehead atoms. The molecular weight excluding hydrogens is 434 g/mol. The monoisotopic (exact) mass is 446 g/mol. The number of esters is 1. The zero-order chi connectivity index (χ0) is 19.5. The molecule has 2 aromatic rings. The Morgan fingerprint density at radius 1 is 0.962 bits per heavy atom. The van der Waals surface area contributed by atoms with E-state index in [9.17, 15) is 26.8 Å². The number of sulfone groups is 1. The Bertz CT molecular complexity index is 909. The van der Waals surface area contributed by atoms with Gasteiger partial charge >= 0.3 is 11.7 Å². The first kappa shape index (κ1) is 20.2. The minimum Gasteiger partial charge on any atom is -0.451 e. The minimum absolute atomic E-state index is 0.0614. The lowest BCUT2D eigenvalue weighted by Gasteiger charge is -2.12. The van der Waals surface area contributed by atoms with Crippen LogP contribution in [0.15, 0.2) is 57.9 Å². The van der Waals surface area contributed by atoms with Gasteiger partial charge in [-0.3, -0.25) is 4.79 Å². The van der Waals surface area contributed by atoms with Crippen molar-refractivity contribution in [2.24, 2.45) is 0 Å². The molecule has 0 aliphatic heterocycles. The molecule has 0 aliphatic carbocycles. The molecule has 0 saturated carbocycles. The van der Waals surface area contributed by atoms with E-state index in [0.717, 1.165) is 28.7 Å². The number of ketones is 1. The number of hydrogen-bond acceptors (Lipinski definition) is 5. The molecule has 0 heterocycles. The molecule has 0 aliphatic rings. The van der Waals surface area contributed by atoms with Gasteiger partial charge in [-0.15, -0.1) is 0 Å². The summed E-state index contributed by atoms with van der Waals surface area (Å²) in [4.78, 5) is 23.7. The van der Waals surface area contributed by atoms with Gasteiger partial charge in [-0.25, -0.2) is 13.2 Å². The molecule has 2 rings (SSSR count). The first-order valence-electron chi connectivity index (χ1n) is 7.26. The smallest absolute Gasteiger partial charge is 0.341 e. The quantitative estimate of drug-likeness (QED) is 0.497. The SMILES string of the molecule is CC(OC(=O)c1ccc(S(=O)(=O)C(F)F)cc1)C(=O)c1ccc(Br)cc1. The first-order valence-corrected chi connectivity index (χ1v) is 9.59. The van der Waals surface area contributed by atoms with E-state index in [1.165, 1.54) is 6.92 Å². The molecule has 9 heteroatoms. The van der Waals surface area contributed by atoms with Crippen molar-refractivity contribution < 1.29 is 31.5 Å². The van der Waals surface area contributed by atoms with E-state index in [1.54, 1.807) is 24.3 Å². The summed E-state index contributed by atoms with van der Waals surface area (Å²) in [5, 5.41) is 0. The maximum atomic E-state index is 12.5. The Hall–Kier alpha value is -2.13. The number of benzene rings is 2. The third kappa shape index (κ3) is 4.53. The highest BCUT2D eigenvalue weighted by Crippen LogP contribution is 2.19. The van der Waals surface area contributed by atoms with Gasteiger partial charge in [0.2, 0.25) is 15.6 Å². The zero-order valence-electron chi connectivity index (χ0n) is 13.4. The molecule has 138 valence electrons. The van der Waals surface area contributed by atoms with Crippen LogP contribution in [0.5, 0.6) is 0 Å². The van der Waals surface area contributed by atoms with Gasteiger partial charge in [0.15, 0.2) is 6.10 Å². The summed E-state index contributed by atoms with van der Waals surface area (Å²) in [6, 6.07) is 10.4. The molecule has 0 spiro atoms. The molecule has 1 atom stereocenters. The molecular formula is C17H13BrF2O5S. The number of carbonyl (C=O) groups is 2. The van der Waals surface area contributed by atoms with Gasteiger partial charge in [0.25, 0.3) is 0 Å². The summed E-state index contributed by atoms with van der Waals surface area (Å²) in [6.07, 6.45) is -1.08. The number of halogens is 3. The molecule has 1 unspecified atom stereocenters. The molecule has 0 amide bonds.